The van der Waals surface area contributed by atoms with Gasteiger partial charge in [0.05, 0.1) is 20.9 Å². The van der Waals surface area contributed by atoms with Crippen LogP contribution in [-0.2, 0) is 4.79 Å². The summed E-state index contributed by atoms with van der Waals surface area (Å²) in [4.78, 5) is 22.9. The fourth-order valence-electron chi connectivity index (χ4n) is 3.35. The van der Waals surface area contributed by atoms with Gasteiger partial charge in [0.25, 0.3) is 5.69 Å². The Bertz CT molecular complexity index is 882. The van der Waals surface area contributed by atoms with Crippen LogP contribution in [0.1, 0.15) is 50.9 Å². The summed E-state index contributed by atoms with van der Waals surface area (Å²) >= 11 is 7.41. The second-order valence-electron chi connectivity index (χ2n) is 6.86. The van der Waals surface area contributed by atoms with Crippen molar-refractivity contribution in [3.05, 3.63) is 39.2 Å². The summed E-state index contributed by atoms with van der Waals surface area (Å²) in [6.07, 6.45) is 5.86. The first-order valence-electron chi connectivity index (χ1n) is 9.19. The highest BCUT2D eigenvalue weighted by molar-refractivity contribution is 8.00. The van der Waals surface area contributed by atoms with Crippen LogP contribution in [0.2, 0.25) is 5.02 Å². The lowest BCUT2D eigenvalue weighted by atomic mass is 9.95. The molecule has 1 fully saturated rings. The topological polar surface area (TPSA) is 103 Å². The number of halogens is 1. The number of thioether (sulfide) groups is 1. The molecule has 3 rings (SSSR count). The van der Waals surface area contributed by atoms with Crippen LogP contribution in [0, 0.1) is 17.0 Å². The van der Waals surface area contributed by atoms with Crippen LogP contribution in [0.3, 0.4) is 0 Å². The van der Waals surface area contributed by atoms with E-state index in [9.17, 15) is 14.9 Å². The van der Waals surface area contributed by atoms with Crippen molar-refractivity contribution >= 4 is 40.6 Å². The monoisotopic (exact) mass is 423 g/mol. The Hall–Kier alpha value is -2.13. The molecular formula is C18H22ClN5O3S. The van der Waals surface area contributed by atoms with E-state index in [-0.39, 0.29) is 16.6 Å². The highest BCUT2D eigenvalue weighted by Crippen LogP contribution is 2.34. The van der Waals surface area contributed by atoms with E-state index in [1.54, 1.807) is 6.92 Å². The van der Waals surface area contributed by atoms with Crippen molar-refractivity contribution in [1.82, 2.24) is 14.8 Å². The zero-order valence-electron chi connectivity index (χ0n) is 15.7. The number of nitrogens with zero attached hydrogens (tertiary/aromatic N) is 4. The van der Waals surface area contributed by atoms with Crippen molar-refractivity contribution < 1.29 is 9.72 Å². The average molecular weight is 424 g/mol. The lowest BCUT2D eigenvalue weighted by Gasteiger charge is -2.25. The normalized spacial score (nSPS) is 16.0. The van der Waals surface area contributed by atoms with Crippen molar-refractivity contribution in [2.45, 2.75) is 62.4 Å². The number of hydrogen-bond acceptors (Lipinski definition) is 6. The van der Waals surface area contributed by atoms with E-state index < -0.39 is 10.2 Å². The molecule has 10 heteroatoms. The van der Waals surface area contributed by atoms with Gasteiger partial charge in [-0.15, -0.1) is 10.2 Å². The Morgan fingerprint density at radius 2 is 2.07 bits per heavy atom. The van der Waals surface area contributed by atoms with Crippen molar-refractivity contribution in [2.24, 2.45) is 0 Å². The second-order valence-corrected chi connectivity index (χ2v) is 8.58. The fraction of sp³-hybridized carbons (Fsp3) is 0.500. The van der Waals surface area contributed by atoms with Gasteiger partial charge in [0.1, 0.15) is 5.82 Å². The van der Waals surface area contributed by atoms with Crippen LogP contribution < -0.4 is 5.32 Å². The molecule has 0 aliphatic heterocycles. The second kappa shape index (κ2) is 8.91. The molecule has 2 aromatic rings. The van der Waals surface area contributed by atoms with Gasteiger partial charge in [0.2, 0.25) is 5.91 Å². The smallest absolute Gasteiger partial charge is 0.271 e. The number of nitro groups is 1. The molecule has 8 nitrogen and oxygen atoms in total. The quantitative estimate of drug-likeness (QED) is 0.407. The number of aryl methyl sites for hydroxylation is 1. The molecule has 1 aromatic heterocycles. The summed E-state index contributed by atoms with van der Waals surface area (Å²) in [5, 5.41) is 22.4. The third kappa shape index (κ3) is 4.64. The minimum atomic E-state index is -0.531. The SMILES string of the molecule is Cc1nnc(SC(C)C(=O)Nc2ccc([N+](=O)[O-])cc2Cl)n1C1CCCCC1. The molecule has 1 aliphatic rings. The summed E-state index contributed by atoms with van der Waals surface area (Å²) in [7, 11) is 0. The molecule has 1 saturated carbocycles. The number of nitro benzene ring substituents is 1. The molecule has 1 aliphatic carbocycles. The van der Waals surface area contributed by atoms with Gasteiger partial charge < -0.3 is 9.88 Å². The number of nitrogens with one attached hydrogen (secondary N) is 1. The zero-order chi connectivity index (χ0) is 20.3. The van der Waals surface area contributed by atoms with Crippen LogP contribution >= 0.6 is 23.4 Å². The van der Waals surface area contributed by atoms with Gasteiger partial charge in [0.15, 0.2) is 5.16 Å². The number of benzene rings is 1. The number of hydrogen-bond donors (Lipinski definition) is 1. The summed E-state index contributed by atoms with van der Waals surface area (Å²) in [5.74, 6) is 0.608. The molecule has 1 heterocycles. The molecular weight excluding hydrogens is 402 g/mol. The Labute approximate surface area is 172 Å². The van der Waals surface area contributed by atoms with Crippen molar-refractivity contribution in [1.29, 1.82) is 0 Å². The highest BCUT2D eigenvalue weighted by atomic mass is 35.5. The number of rotatable bonds is 6. The number of amides is 1. The highest BCUT2D eigenvalue weighted by Gasteiger charge is 2.25. The first-order chi connectivity index (χ1) is 13.4. The average Bonchev–Trinajstić information content (AvgIpc) is 3.03. The number of aromatic nitrogens is 3. The third-order valence-electron chi connectivity index (χ3n) is 4.85. The van der Waals surface area contributed by atoms with E-state index in [0.717, 1.165) is 23.8 Å². The summed E-state index contributed by atoms with van der Waals surface area (Å²) in [6.45, 7) is 3.72. The van der Waals surface area contributed by atoms with Crippen molar-refractivity contribution in [3.8, 4) is 0 Å². The third-order valence-corrected chi connectivity index (χ3v) is 6.22. The van der Waals surface area contributed by atoms with Crippen LogP contribution in [-0.4, -0.2) is 30.8 Å². The first kappa shape index (κ1) is 20.6. The lowest BCUT2D eigenvalue weighted by Crippen LogP contribution is -2.24. The van der Waals surface area contributed by atoms with Crippen LogP contribution in [0.25, 0.3) is 0 Å². The Balaban J connectivity index is 1.69. The number of carbonyl (C=O) groups excluding carboxylic acids is 1. The maximum atomic E-state index is 12.6. The van der Waals surface area contributed by atoms with Gasteiger partial charge in [0, 0.05) is 18.2 Å². The molecule has 0 bridgehead atoms. The van der Waals surface area contributed by atoms with E-state index >= 15 is 0 Å². The van der Waals surface area contributed by atoms with Gasteiger partial charge in [-0.05, 0) is 32.8 Å². The Morgan fingerprint density at radius 3 is 2.71 bits per heavy atom. The summed E-state index contributed by atoms with van der Waals surface area (Å²) in [6, 6.07) is 4.34. The number of anilines is 1. The fourth-order valence-corrected chi connectivity index (χ4v) is 4.54. The maximum absolute atomic E-state index is 12.6. The van der Waals surface area contributed by atoms with Gasteiger partial charge >= 0.3 is 0 Å². The molecule has 1 N–H and O–H groups in total. The van der Waals surface area contributed by atoms with Gasteiger partial charge in [-0.2, -0.15) is 0 Å². The van der Waals surface area contributed by atoms with E-state index in [2.05, 4.69) is 20.1 Å². The minimum Gasteiger partial charge on any atom is -0.324 e. The zero-order valence-corrected chi connectivity index (χ0v) is 17.3. The lowest BCUT2D eigenvalue weighted by molar-refractivity contribution is -0.384. The molecule has 1 unspecified atom stereocenters. The minimum absolute atomic E-state index is 0.124. The molecule has 28 heavy (non-hydrogen) atoms. The van der Waals surface area contributed by atoms with Gasteiger partial charge in [-0.25, -0.2) is 0 Å². The van der Waals surface area contributed by atoms with Crippen LogP contribution in [0.5, 0.6) is 0 Å². The predicted molar refractivity (Wildman–Crippen MR) is 109 cm³/mol. The number of non-ortho nitro benzene ring substituents is 1. The van der Waals surface area contributed by atoms with Gasteiger partial charge in [-0.1, -0.05) is 42.6 Å². The van der Waals surface area contributed by atoms with E-state index in [1.165, 1.54) is 49.2 Å². The first-order valence-corrected chi connectivity index (χ1v) is 10.5. The van der Waals surface area contributed by atoms with E-state index in [0.29, 0.717) is 11.7 Å². The Morgan fingerprint density at radius 1 is 1.36 bits per heavy atom. The van der Waals surface area contributed by atoms with Gasteiger partial charge in [-0.3, -0.25) is 14.9 Å². The van der Waals surface area contributed by atoms with E-state index in [1.807, 2.05) is 6.92 Å². The molecule has 0 spiro atoms. The molecule has 150 valence electrons. The van der Waals surface area contributed by atoms with Crippen molar-refractivity contribution in [3.63, 3.8) is 0 Å². The Kier molecular flexibility index (Phi) is 6.56. The number of carbonyl (C=O) groups is 1. The molecule has 0 radical (unpaired) electrons. The summed E-state index contributed by atoms with van der Waals surface area (Å²) in [5.41, 5.74) is 0.219. The van der Waals surface area contributed by atoms with E-state index in [4.69, 9.17) is 11.6 Å². The predicted octanol–water partition coefficient (Wildman–Crippen LogP) is 4.77. The maximum Gasteiger partial charge on any atom is 0.271 e. The molecule has 0 saturated heterocycles. The summed E-state index contributed by atoms with van der Waals surface area (Å²) < 4.78 is 2.15. The van der Waals surface area contributed by atoms with Crippen molar-refractivity contribution in [2.75, 3.05) is 5.32 Å². The molecule has 1 aromatic carbocycles. The van der Waals surface area contributed by atoms with Crippen LogP contribution in [0.4, 0.5) is 11.4 Å². The molecule has 1 amide bonds. The standard InChI is InChI=1S/C18H22ClN5O3S/c1-11(17(25)20-16-9-8-14(24(26)27)10-15(16)19)28-18-22-21-12(2)23(18)13-6-4-3-5-7-13/h8-11,13H,3-7H2,1-2H3,(H,20,25). The largest absolute Gasteiger partial charge is 0.324 e. The van der Waals surface area contributed by atoms with Crippen LogP contribution in [0.15, 0.2) is 23.4 Å². The molecule has 1 atom stereocenters.